The van der Waals surface area contributed by atoms with Gasteiger partial charge in [-0.3, -0.25) is 4.79 Å². The summed E-state index contributed by atoms with van der Waals surface area (Å²) < 4.78 is 10.7. The lowest BCUT2D eigenvalue weighted by Crippen LogP contribution is -2.32. The van der Waals surface area contributed by atoms with Gasteiger partial charge in [0.2, 0.25) is 17.7 Å². The van der Waals surface area contributed by atoms with Crippen molar-refractivity contribution in [3.63, 3.8) is 0 Å². The Morgan fingerprint density at radius 1 is 1.36 bits per heavy atom. The van der Waals surface area contributed by atoms with Crippen LogP contribution in [0, 0.1) is 0 Å². The van der Waals surface area contributed by atoms with Crippen molar-refractivity contribution in [2.24, 2.45) is 0 Å². The van der Waals surface area contributed by atoms with Crippen LogP contribution < -0.4 is 9.47 Å². The average Bonchev–Trinajstić information content (AvgIpc) is 3.20. The van der Waals surface area contributed by atoms with Crippen molar-refractivity contribution < 1.29 is 14.3 Å². The van der Waals surface area contributed by atoms with E-state index in [2.05, 4.69) is 10.2 Å². The third-order valence-corrected chi connectivity index (χ3v) is 4.39. The fraction of sp³-hybridized carbons (Fsp3) is 0.400. The lowest BCUT2D eigenvalue weighted by Gasteiger charge is -2.16. The van der Waals surface area contributed by atoms with Crippen molar-refractivity contribution in [2.75, 3.05) is 20.2 Å². The number of nitrogens with zero attached hydrogens (tertiary/aromatic N) is 3. The molecule has 1 atom stereocenters. The Morgan fingerprint density at radius 3 is 2.86 bits per heavy atom. The van der Waals surface area contributed by atoms with Crippen molar-refractivity contribution in [3.8, 4) is 11.8 Å². The molecule has 2 aromatic rings. The van der Waals surface area contributed by atoms with E-state index < -0.39 is 0 Å². The zero-order valence-corrected chi connectivity index (χ0v) is 13.1. The van der Waals surface area contributed by atoms with Crippen molar-refractivity contribution in [1.82, 2.24) is 15.1 Å². The van der Waals surface area contributed by atoms with Gasteiger partial charge in [0, 0.05) is 30.0 Å². The van der Waals surface area contributed by atoms with E-state index in [1.807, 2.05) is 22.4 Å². The molecule has 1 saturated heterocycles. The smallest absolute Gasteiger partial charge is 0.233 e. The summed E-state index contributed by atoms with van der Waals surface area (Å²) in [6, 6.07) is 7.38. The lowest BCUT2D eigenvalue weighted by molar-refractivity contribution is -0.129. The van der Waals surface area contributed by atoms with Gasteiger partial charge in [-0.05, 0) is 11.4 Å². The van der Waals surface area contributed by atoms with Crippen LogP contribution in [0.25, 0.3) is 0 Å². The number of hydrogen-bond donors (Lipinski definition) is 0. The second-order valence-electron chi connectivity index (χ2n) is 5.04. The highest BCUT2D eigenvalue weighted by atomic mass is 32.1. The highest BCUT2D eigenvalue weighted by Gasteiger charge is 2.28. The summed E-state index contributed by atoms with van der Waals surface area (Å²) in [5.74, 6) is 1.05. The van der Waals surface area contributed by atoms with Gasteiger partial charge in [-0.2, -0.15) is 0 Å². The Kier molecular flexibility index (Phi) is 4.53. The Balaban J connectivity index is 1.52. The van der Waals surface area contributed by atoms with E-state index in [9.17, 15) is 4.79 Å². The predicted molar refractivity (Wildman–Crippen MR) is 82.2 cm³/mol. The van der Waals surface area contributed by atoms with Crippen LogP contribution in [0.1, 0.15) is 11.3 Å². The summed E-state index contributed by atoms with van der Waals surface area (Å²) in [5.41, 5.74) is 0. The maximum absolute atomic E-state index is 12.2. The van der Waals surface area contributed by atoms with Crippen LogP contribution in [0.2, 0.25) is 0 Å². The van der Waals surface area contributed by atoms with Crippen molar-refractivity contribution in [2.45, 2.75) is 18.9 Å². The minimum atomic E-state index is -0.0324. The van der Waals surface area contributed by atoms with Crippen molar-refractivity contribution in [1.29, 1.82) is 0 Å². The van der Waals surface area contributed by atoms with Crippen molar-refractivity contribution >= 4 is 17.2 Å². The first-order chi connectivity index (χ1) is 10.7. The molecule has 1 amide bonds. The SMILES string of the molecule is COc1ccc(O[C@@H]2CCN(C(=O)Cc3cccs3)C2)nn1. The van der Waals surface area contributed by atoms with Crippen LogP contribution >= 0.6 is 11.3 Å². The Morgan fingerprint density at radius 2 is 2.18 bits per heavy atom. The lowest BCUT2D eigenvalue weighted by atomic mass is 10.3. The second kappa shape index (κ2) is 6.74. The van der Waals surface area contributed by atoms with Crippen LogP contribution in [0.4, 0.5) is 0 Å². The number of thiophene rings is 1. The molecule has 7 heteroatoms. The monoisotopic (exact) mass is 319 g/mol. The standard InChI is InChI=1S/C15H17N3O3S/c1-20-13-4-5-14(17-16-13)21-11-6-7-18(10-11)15(19)9-12-3-2-8-22-12/h2-5,8,11H,6-7,9-10H2,1H3/t11-/m1/s1. The Bertz CT molecular complexity index is 615. The average molecular weight is 319 g/mol. The molecule has 0 aliphatic carbocycles. The quantitative estimate of drug-likeness (QED) is 0.840. The van der Waals surface area contributed by atoms with E-state index in [0.29, 0.717) is 24.7 Å². The third kappa shape index (κ3) is 3.54. The van der Waals surface area contributed by atoms with Gasteiger partial charge in [0.25, 0.3) is 0 Å². The summed E-state index contributed by atoms with van der Waals surface area (Å²) in [5, 5.41) is 9.80. The van der Waals surface area contributed by atoms with Crippen LogP contribution in [0.5, 0.6) is 11.8 Å². The number of methoxy groups -OCH3 is 1. The minimum Gasteiger partial charge on any atom is -0.480 e. The summed E-state index contributed by atoms with van der Waals surface area (Å²) >= 11 is 1.61. The molecule has 0 unspecified atom stereocenters. The summed E-state index contributed by atoms with van der Waals surface area (Å²) in [4.78, 5) is 15.2. The number of rotatable bonds is 5. The summed E-state index contributed by atoms with van der Waals surface area (Å²) in [6.45, 7) is 1.32. The normalized spacial score (nSPS) is 17.5. The maximum atomic E-state index is 12.2. The molecule has 1 aliphatic rings. The minimum absolute atomic E-state index is 0.0324. The molecule has 0 bridgehead atoms. The van der Waals surface area contributed by atoms with E-state index >= 15 is 0 Å². The van der Waals surface area contributed by atoms with Crippen molar-refractivity contribution in [3.05, 3.63) is 34.5 Å². The van der Waals surface area contributed by atoms with Gasteiger partial charge in [-0.1, -0.05) is 6.07 Å². The van der Waals surface area contributed by atoms with Gasteiger partial charge in [-0.15, -0.1) is 21.5 Å². The maximum Gasteiger partial charge on any atom is 0.233 e. The van der Waals surface area contributed by atoms with Crippen LogP contribution in [-0.4, -0.2) is 47.3 Å². The Hall–Kier alpha value is -2.15. The molecule has 6 nitrogen and oxygen atoms in total. The van der Waals surface area contributed by atoms with Crippen LogP contribution in [0.15, 0.2) is 29.6 Å². The van der Waals surface area contributed by atoms with Gasteiger partial charge in [0.1, 0.15) is 6.10 Å². The molecule has 0 saturated carbocycles. The number of amides is 1. The van der Waals surface area contributed by atoms with Gasteiger partial charge >= 0.3 is 0 Å². The number of hydrogen-bond acceptors (Lipinski definition) is 6. The number of carbonyl (C=O) groups excluding carboxylic acids is 1. The molecule has 0 spiro atoms. The first-order valence-electron chi connectivity index (χ1n) is 7.09. The number of likely N-dealkylation sites (tertiary alicyclic amines) is 1. The fourth-order valence-corrected chi connectivity index (χ4v) is 3.07. The van der Waals surface area contributed by atoms with Crippen LogP contribution in [0.3, 0.4) is 0 Å². The fourth-order valence-electron chi connectivity index (χ4n) is 2.38. The summed E-state index contributed by atoms with van der Waals surface area (Å²) in [7, 11) is 1.54. The molecule has 22 heavy (non-hydrogen) atoms. The molecule has 116 valence electrons. The Labute approximate surface area is 132 Å². The van der Waals surface area contributed by atoms with E-state index in [-0.39, 0.29) is 12.0 Å². The van der Waals surface area contributed by atoms with E-state index in [1.54, 1.807) is 30.6 Å². The number of carbonyl (C=O) groups is 1. The number of aromatic nitrogens is 2. The molecule has 0 aromatic carbocycles. The number of ether oxygens (including phenoxy) is 2. The second-order valence-corrected chi connectivity index (χ2v) is 6.07. The molecule has 1 aliphatic heterocycles. The van der Waals surface area contributed by atoms with Crippen LogP contribution in [-0.2, 0) is 11.2 Å². The molecule has 2 aromatic heterocycles. The molecule has 0 radical (unpaired) electrons. The van der Waals surface area contributed by atoms with Gasteiger partial charge < -0.3 is 14.4 Å². The van der Waals surface area contributed by atoms with Gasteiger partial charge in [-0.25, -0.2) is 0 Å². The largest absolute Gasteiger partial charge is 0.480 e. The first kappa shape index (κ1) is 14.8. The zero-order valence-electron chi connectivity index (χ0n) is 12.3. The molecule has 3 rings (SSSR count). The molecule has 0 N–H and O–H groups in total. The van der Waals surface area contributed by atoms with E-state index in [4.69, 9.17) is 9.47 Å². The van der Waals surface area contributed by atoms with Gasteiger partial charge in [0.05, 0.1) is 20.1 Å². The molecular weight excluding hydrogens is 302 g/mol. The predicted octanol–water partition coefficient (Wildman–Crippen LogP) is 1.77. The van der Waals surface area contributed by atoms with Gasteiger partial charge in [0.15, 0.2) is 0 Å². The molecule has 3 heterocycles. The zero-order chi connectivity index (χ0) is 15.4. The topological polar surface area (TPSA) is 64.6 Å². The van der Waals surface area contributed by atoms with E-state index in [0.717, 1.165) is 17.8 Å². The molecular formula is C15H17N3O3S. The highest BCUT2D eigenvalue weighted by Crippen LogP contribution is 2.19. The first-order valence-corrected chi connectivity index (χ1v) is 7.97. The summed E-state index contributed by atoms with van der Waals surface area (Å²) in [6.07, 6.45) is 1.24. The highest BCUT2D eigenvalue weighted by molar-refractivity contribution is 7.10. The molecule has 1 fully saturated rings. The third-order valence-electron chi connectivity index (χ3n) is 3.52. The van der Waals surface area contributed by atoms with E-state index in [1.165, 1.54) is 0 Å².